The lowest BCUT2D eigenvalue weighted by Gasteiger charge is -2.06. The Labute approximate surface area is 164 Å². The zero-order chi connectivity index (χ0) is 18.6. The molecule has 25 heavy (non-hydrogen) atoms. The average molecular weight is 393 g/mol. The van der Waals surface area contributed by atoms with Crippen molar-refractivity contribution < 1.29 is 19.1 Å². The van der Waals surface area contributed by atoms with Crippen molar-refractivity contribution >= 4 is 37.2 Å². The van der Waals surface area contributed by atoms with Crippen LogP contribution < -0.4 is 0 Å². The van der Waals surface area contributed by atoms with Crippen molar-refractivity contribution in [1.29, 1.82) is 0 Å². The molecular weight excluding hydrogens is 356 g/mol. The predicted molar refractivity (Wildman–Crippen MR) is 110 cm³/mol. The summed E-state index contributed by atoms with van der Waals surface area (Å²) in [6.45, 7) is 0.967. The molecule has 0 radical (unpaired) electrons. The second-order valence-electron chi connectivity index (χ2n) is 6.28. The summed E-state index contributed by atoms with van der Waals surface area (Å²) in [5.74, 6) is 1.45. The van der Waals surface area contributed by atoms with Gasteiger partial charge in [0, 0.05) is 12.8 Å². The normalized spacial score (nSPS) is 10.6. The fourth-order valence-corrected chi connectivity index (χ4v) is 2.83. The second-order valence-corrected chi connectivity index (χ2v) is 7.17. The van der Waals surface area contributed by atoms with Crippen LogP contribution in [0.25, 0.3) is 0 Å². The van der Waals surface area contributed by atoms with Gasteiger partial charge in [0.25, 0.3) is 0 Å². The van der Waals surface area contributed by atoms with Gasteiger partial charge in [0.15, 0.2) is 0 Å². The van der Waals surface area contributed by atoms with Gasteiger partial charge >= 0.3 is 11.9 Å². The number of hydrogen-bond acceptors (Lipinski definition) is 6. The van der Waals surface area contributed by atoms with E-state index in [0.29, 0.717) is 32.5 Å². The molecule has 0 aliphatic heterocycles. The summed E-state index contributed by atoms with van der Waals surface area (Å²) in [4.78, 5) is 23.1. The summed E-state index contributed by atoms with van der Waals surface area (Å²) in [5.41, 5.74) is 0. The standard InChI is InChI=1S/C19H36O4S2/c20-18(22-14-7-3-1-5-9-16-24)12-11-13-19(21)23-15-8-4-2-6-10-17-25/h24-25H,1-17H2. The molecule has 0 aliphatic carbocycles. The lowest BCUT2D eigenvalue weighted by Crippen LogP contribution is -2.09. The quantitative estimate of drug-likeness (QED) is 0.196. The number of carbonyl (C=O) groups excluding carboxylic acids is 2. The number of esters is 2. The van der Waals surface area contributed by atoms with E-state index in [2.05, 4.69) is 25.3 Å². The van der Waals surface area contributed by atoms with Crippen LogP contribution in [0.3, 0.4) is 0 Å². The number of rotatable bonds is 18. The van der Waals surface area contributed by atoms with E-state index in [1.165, 1.54) is 25.7 Å². The topological polar surface area (TPSA) is 52.6 Å². The maximum atomic E-state index is 11.6. The third-order valence-corrected chi connectivity index (χ3v) is 4.53. The Balaban J connectivity index is 3.32. The smallest absolute Gasteiger partial charge is 0.305 e. The first-order valence-corrected chi connectivity index (χ1v) is 11.0. The van der Waals surface area contributed by atoms with Crippen LogP contribution >= 0.6 is 25.3 Å². The molecule has 4 nitrogen and oxygen atoms in total. The maximum absolute atomic E-state index is 11.6. The van der Waals surface area contributed by atoms with Crippen molar-refractivity contribution in [2.24, 2.45) is 0 Å². The first-order valence-electron chi connectivity index (χ1n) is 9.73. The van der Waals surface area contributed by atoms with E-state index < -0.39 is 0 Å². The van der Waals surface area contributed by atoms with Gasteiger partial charge in [-0.1, -0.05) is 38.5 Å². The monoisotopic (exact) mass is 392 g/mol. The van der Waals surface area contributed by atoms with Crippen LogP contribution in [-0.4, -0.2) is 36.7 Å². The highest BCUT2D eigenvalue weighted by atomic mass is 32.1. The molecule has 0 aromatic rings. The molecule has 0 N–H and O–H groups in total. The Kier molecular flexibility index (Phi) is 19.7. The van der Waals surface area contributed by atoms with Gasteiger partial charge in [-0.25, -0.2) is 0 Å². The molecular formula is C19H36O4S2. The summed E-state index contributed by atoms with van der Waals surface area (Å²) in [6, 6.07) is 0. The summed E-state index contributed by atoms with van der Waals surface area (Å²) in [6.07, 6.45) is 12.1. The average Bonchev–Trinajstić information content (AvgIpc) is 2.60. The Morgan fingerprint density at radius 1 is 0.520 bits per heavy atom. The van der Waals surface area contributed by atoms with E-state index in [1.54, 1.807) is 0 Å². The molecule has 0 saturated carbocycles. The molecule has 6 heteroatoms. The van der Waals surface area contributed by atoms with E-state index >= 15 is 0 Å². The first kappa shape index (κ1) is 24.6. The number of ether oxygens (including phenoxy) is 2. The van der Waals surface area contributed by atoms with E-state index in [9.17, 15) is 9.59 Å². The highest BCUT2D eigenvalue weighted by Gasteiger charge is 2.07. The molecule has 0 bridgehead atoms. The van der Waals surface area contributed by atoms with Gasteiger partial charge in [0.2, 0.25) is 0 Å². The van der Waals surface area contributed by atoms with Gasteiger partial charge in [0.05, 0.1) is 13.2 Å². The van der Waals surface area contributed by atoms with E-state index in [4.69, 9.17) is 9.47 Å². The van der Waals surface area contributed by atoms with Crippen LogP contribution in [-0.2, 0) is 19.1 Å². The van der Waals surface area contributed by atoms with Crippen molar-refractivity contribution in [1.82, 2.24) is 0 Å². The van der Waals surface area contributed by atoms with Gasteiger partial charge in [-0.3, -0.25) is 9.59 Å². The molecule has 0 amide bonds. The van der Waals surface area contributed by atoms with Gasteiger partial charge in [-0.15, -0.1) is 0 Å². The highest BCUT2D eigenvalue weighted by molar-refractivity contribution is 7.80. The number of hydrogen-bond donors (Lipinski definition) is 2. The SMILES string of the molecule is O=C(CCCC(=O)OCCCCCCCS)OCCCCCCCS. The number of unbranched alkanes of at least 4 members (excludes halogenated alkanes) is 8. The fourth-order valence-electron chi connectivity index (χ4n) is 2.38. The Hall–Kier alpha value is -0.360. The highest BCUT2D eigenvalue weighted by Crippen LogP contribution is 2.07. The third kappa shape index (κ3) is 19.8. The largest absolute Gasteiger partial charge is 0.466 e. The molecule has 0 aromatic carbocycles. The minimum Gasteiger partial charge on any atom is -0.466 e. The number of carbonyl (C=O) groups is 2. The van der Waals surface area contributed by atoms with Crippen molar-refractivity contribution in [3.8, 4) is 0 Å². The van der Waals surface area contributed by atoms with Crippen LogP contribution in [0.2, 0.25) is 0 Å². The molecule has 0 aromatic heterocycles. The molecule has 0 fully saturated rings. The molecule has 0 heterocycles. The zero-order valence-electron chi connectivity index (χ0n) is 15.5. The van der Waals surface area contributed by atoms with Crippen LogP contribution in [0.15, 0.2) is 0 Å². The van der Waals surface area contributed by atoms with E-state index in [1.807, 2.05) is 0 Å². The summed E-state index contributed by atoms with van der Waals surface area (Å²) in [5, 5.41) is 0. The van der Waals surface area contributed by atoms with Crippen LogP contribution in [0.1, 0.15) is 83.5 Å². The van der Waals surface area contributed by atoms with E-state index in [-0.39, 0.29) is 11.9 Å². The Morgan fingerprint density at radius 3 is 1.28 bits per heavy atom. The minimum absolute atomic E-state index is 0.215. The van der Waals surface area contributed by atoms with Crippen molar-refractivity contribution in [3.63, 3.8) is 0 Å². The molecule has 0 atom stereocenters. The van der Waals surface area contributed by atoms with Crippen molar-refractivity contribution in [3.05, 3.63) is 0 Å². The molecule has 0 rings (SSSR count). The molecule has 148 valence electrons. The van der Waals surface area contributed by atoms with Gasteiger partial charge < -0.3 is 9.47 Å². The van der Waals surface area contributed by atoms with Crippen molar-refractivity contribution in [2.45, 2.75) is 83.5 Å². The van der Waals surface area contributed by atoms with E-state index in [0.717, 1.165) is 50.0 Å². The summed E-state index contributed by atoms with van der Waals surface area (Å²) < 4.78 is 10.3. The minimum atomic E-state index is -0.215. The second kappa shape index (κ2) is 20.0. The lowest BCUT2D eigenvalue weighted by molar-refractivity contribution is -0.145. The third-order valence-electron chi connectivity index (χ3n) is 3.89. The van der Waals surface area contributed by atoms with Crippen molar-refractivity contribution in [2.75, 3.05) is 24.7 Å². The lowest BCUT2D eigenvalue weighted by atomic mass is 10.2. The molecule has 0 unspecified atom stereocenters. The summed E-state index contributed by atoms with van der Waals surface area (Å²) in [7, 11) is 0. The zero-order valence-corrected chi connectivity index (χ0v) is 17.3. The Morgan fingerprint density at radius 2 is 0.880 bits per heavy atom. The number of thiol groups is 2. The predicted octanol–water partition coefficient (Wildman–Crippen LogP) is 5.00. The first-order chi connectivity index (χ1) is 12.2. The Bertz CT molecular complexity index is 295. The van der Waals surface area contributed by atoms with Crippen LogP contribution in [0.5, 0.6) is 0 Å². The molecule has 0 saturated heterocycles. The fraction of sp³-hybridized carbons (Fsp3) is 0.895. The maximum Gasteiger partial charge on any atom is 0.305 e. The molecule has 0 spiro atoms. The van der Waals surface area contributed by atoms with Gasteiger partial charge in [-0.05, 0) is 43.6 Å². The van der Waals surface area contributed by atoms with Crippen LogP contribution in [0, 0.1) is 0 Å². The molecule has 0 aliphatic rings. The van der Waals surface area contributed by atoms with Gasteiger partial charge in [0.1, 0.15) is 0 Å². The van der Waals surface area contributed by atoms with Crippen LogP contribution in [0.4, 0.5) is 0 Å². The van der Waals surface area contributed by atoms with Gasteiger partial charge in [-0.2, -0.15) is 25.3 Å². The summed E-state index contributed by atoms with van der Waals surface area (Å²) >= 11 is 8.34.